The first-order valence-corrected chi connectivity index (χ1v) is 11.9. The van der Waals surface area contributed by atoms with E-state index in [0.717, 1.165) is 14.7 Å². The first-order valence-electron chi connectivity index (χ1n) is 9.16. The molecule has 2 aromatic heterocycles. The largest absolute Gasteiger partial charge is 0.273 e. The number of carbonyl (C=O) groups excluding carboxylic acids is 1. The van der Waals surface area contributed by atoms with Crippen LogP contribution in [0.25, 0.3) is 10.9 Å². The van der Waals surface area contributed by atoms with E-state index in [1.165, 1.54) is 17.4 Å². The number of aromatic nitrogens is 1. The van der Waals surface area contributed by atoms with E-state index in [9.17, 15) is 13.2 Å². The lowest BCUT2D eigenvalue weighted by Crippen LogP contribution is -2.35. The molecule has 3 heterocycles. The van der Waals surface area contributed by atoms with Crippen LogP contribution in [0.5, 0.6) is 0 Å². The lowest BCUT2D eigenvalue weighted by Gasteiger charge is -2.19. The average molecular weight is 455 g/mol. The summed E-state index contributed by atoms with van der Waals surface area (Å²) in [6.45, 7) is 1.91. The van der Waals surface area contributed by atoms with Crippen molar-refractivity contribution in [2.75, 3.05) is 4.31 Å². The van der Waals surface area contributed by atoms with Gasteiger partial charge >= 0.3 is 0 Å². The van der Waals surface area contributed by atoms with Crippen molar-refractivity contribution in [1.82, 2.24) is 4.98 Å². The number of aryl methyl sites for hydroxylation is 1. The molecule has 5 rings (SSSR count). The number of nitrogens with zero attached hydrogens (tertiary/aromatic N) is 2. The number of halogens is 1. The highest BCUT2D eigenvalue weighted by atomic mass is 35.5. The number of amides is 1. The molecule has 0 saturated carbocycles. The molecule has 0 aliphatic carbocycles. The van der Waals surface area contributed by atoms with Crippen molar-refractivity contribution < 1.29 is 13.2 Å². The van der Waals surface area contributed by atoms with Crippen LogP contribution in [-0.2, 0) is 14.8 Å². The molecule has 0 radical (unpaired) electrons. The van der Waals surface area contributed by atoms with E-state index >= 15 is 0 Å². The zero-order valence-corrected chi connectivity index (χ0v) is 18.1. The summed E-state index contributed by atoms with van der Waals surface area (Å²) in [5, 5.41) is 3.03. The Morgan fingerprint density at radius 1 is 1.10 bits per heavy atom. The molecule has 150 valence electrons. The van der Waals surface area contributed by atoms with Gasteiger partial charge in [0.25, 0.3) is 15.9 Å². The number of benzene rings is 2. The average Bonchev–Trinajstić information content (AvgIpc) is 3.27. The van der Waals surface area contributed by atoms with Gasteiger partial charge in [-0.05, 0) is 59.8 Å². The summed E-state index contributed by atoms with van der Waals surface area (Å²) in [7, 11) is -4.19. The maximum Gasteiger partial charge on any atom is 0.273 e. The zero-order valence-electron chi connectivity index (χ0n) is 15.7. The van der Waals surface area contributed by atoms with Crippen molar-refractivity contribution in [3.63, 3.8) is 0 Å². The van der Waals surface area contributed by atoms with E-state index < -0.39 is 21.8 Å². The monoisotopic (exact) mass is 454 g/mol. The summed E-state index contributed by atoms with van der Waals surface area (Å²) in [6, 6.07) is 15.2. The maximum atomic E-state index is 13.7. The molecular weight excluding hydrogens is 440 g/mol. The van der Waals surface area contributed by atoms with Crippen molar-refractivity contribution in [2.24, 2.45) is 0 Å². The van der Waals surface area contributed by atoms with Crippen LogP contribution >= 0.6 is 22.9 Å². The van der Waals surface area contributed by atoms with Crippen LogP contribution in [0.1, 0.15) is 21.9 Å². The van der Waals surface area contributed by atoms with Gasteiger partial charge in [-0.25, -0.2) is 12.7 Å². The van der Waals surface area contributed by atoms with Crippen LogP contribution in [0.4, 0.5) is 5.69 Å². The molecule has 0 spiro atoms. The number of rotatable bonds is 3. The van der Waals surface area contributed by atoms with Crippen molar-refractivity contribution in [3.8, 4) is 0 Å². The highest BCUT2D eigenvalue weighted by molar-refractivity contribution is 7.93. The number of pyridine rings is 1. The second kappa shape index (κ2) is 6.91. The van der Waals surface area contributed by atoms with Crippen molar-refractivity contribution >= 4 is 55.5 Å². The molecule has 0 bridgehead atoms. The third-order valence-corrected chi connectivity index (χ3v) is 8.31. The molecule has 8 heteroatoms. The number of anilines is 1. The fraction of sp³-hybridized carbons (Fsp3) is 0.0909. The highest BCUT2D eigenvalue weighted by Crippen LogP contribution is 2.47. The lowest BCUT2D eigenvalue weighted by molar-refractivity contribution is -0.117. The molecule has 0 N–H and O–H groups in total. The van der Waals surface area contributed by atoms with E-state index in [4.69, 9.17) is 11.6 Å². The van der Waals surface area contributed by atoms with Crippen molar-refractivity contribution in [1.29, 1.82) is 0 Å². The molecule has 1 unspecified atom stereocenters. The Morgan fingerprint density at radius 2 is 1.90 bits per heavy atom. The van der Waals surface area contributed by atoms with E-state index in [1.807, 2.05) is 18.4 Å². The smallest absolute Gasteiger partial charge is 0.272 e. The minimum Gasteiger partial charge on any atom is -0.272 e. The Balaban J connectivity index is 1.75. The fourth-order valence-electron chi connectivity index (χ4n) is 3.87. The third-order valence-electron chi connectivity index (χ3n) is 5.24. The van der Waals surface area contributed by atoms with Crippen molar-refractivity contribution in [3.05, 3.63) is 87.2 Å². The molecule has 2 aromatic carbocycles. The second-order valence-electron chi connectivity index (χ2n) is 7.04. The van der Waals surface area contributed by atoms with Gasteiger partial charge in [-0.3, -0.25) is 9.78 Å². The second-order valence-corrected chi connectivity index (χ2v) is 10.2. The normalized spacial score (nSPS) is 16.3. The van der Waals surface area contributed by atoms with Crippen LogP contribution < -0.4 is 4.31 Å². The van der Waals surface area contributed by atoms with Gasteiger partial charge in [0.05, 0.1) is 11.2 Å². The first-order chi connectivity index (χ1) is 14.4. The van der Waals surface area contributed by atoms with Gasteiger partial charge in [0.1, 0.15) is 10.8 Å². The van der Waals surface area contributed by atoms with Crippen LogP contribution in [0.15, 0.2) is 71.1 Å². The number of sulfonamides is 1. The molecular formula is C22H15ClN2O3S2. The Morgan fingerprint density at radius 3 is 2.67 bits per heavy atom. The number of para-hydroxylation sites is 1. The molecule has 1 atom stereocenters. The molecule has 30 heavy (non-hydrogen) atoms. The summed E-state index contributed by atoms with van der Waals surface area (Å²) in [5.74, 6) is -1.22. The third kappa shape index (κ3) is 2.77. The molecule has 0 fully saturated rings. The Kier molecular flexibility index (Phi) is 4.43. The molecule has 1 amide bonds. The predicted octanol–water partition coefficient (Wildman–Crippen LogP) is 5.13. The van der Waals surface area contributed by atoms with Crippen LogP contribution in [0.2, 0.25) is 5.02 Å². The Labute approximate surface area is 182 Å². The summed E-state index contributed by atoms with van der Waals surface area (Å²) in [6.07, 6.45) is 1.54. The van der Waals surface area contributed by atoms with Gasteiger partial charge < -0.3 is 0 Å². The van der Waals surface area contributed by atoms with E-state index in [-0.39, 0.29) is 4.90 Å². The number of hydrogen-bond acceptors (Lipinski definition) is 5. The SMILES string of the molecule is Cc1ccsc1C1C(=O)N(S(=O)(=O)c2cccc3cccnc23)c2ccc(Cl)cc21. The van der Waals surface area contributed by atoms with Crippen LogP contribution in [0.3, 0.4) is 0 Å². The van der Waals surface area contributed by atoms with Gasteiger partial charge in [0.2, 0.25) is 0 Å². The number of fused-ring (bicyclic) bond motifs is 2. The molecule has 4 aromatic rings. The van der Waals surface area contributed by atoms with Gasteiger partial charge in [0.15, 0.2) is 0 Å². The molecule has 0 saturated heterocycles. The van der Waals surface area contributed by atoms with E-state index in [0.29, 0.717) is 27.2 Å². The van der Waals surface area contributed by atoms with Gasteiger partial charge in [0, 0.05) is 21.5 Å². The number of hydrogen-bond donors (Lipinski definition) is 0. The molecule has 1 aliphatic rings. The topological polar surface area (TPSA) is 67.3 Å². The summed E-state index contributed by atoms with van der Waals surface area (Å²) >= 11 is 7.64. The molecule has 1 aliphatic heterocycles. The summed E-state index contributed by atoms with van der Waals surface area (Å²) in [4.78, 5) is 18.6. The van der Waals surface area contributed by atoms with Gasteiger partial charge in [-0.15, -0.1) is 11.3 Å². The molecule has 5 nitrogen and oxygen atoms in total. The zero-order chi connectivity index (χ0) is 21.0. The fourth-order valence-corrected chi connectivity index (χ4v) is 6.72. The highest BCUT2D eigenvalue weighted by Gasteiger charge is 2.46. The lowest BCUT2D eigenvalue weighted by atomic mass is 9.97. The Hall–Kier alpha value is -2.74. The number of thiophene rings is 1. The quantitative estimate of drug-likeness (QED) is 0.430. The van der Waals surface area contributed by atoms with Crippen molar-refractivity contribution in [2.45, 2.75) is 17.7 Å². The standard InChI is InChI=1S/C22H15ClN2O3S2/c1-13-9-11-29-21(13)19-16-12-15(23)7-8-17(16)25(22(19)26)30(27,28)18-6-2-4-14-5-3-10-24-20(14)18/h2-12,19H,1H3. The van der Waals surface area contributed by atoms with Crippen LogP contribution in [0, 0.1) is 6.92 Å². The maximum absolute atomic E-state index is 13.7. The van der Waals surface area contributed by atoms with E-state index in [2.05, 4.69) is 4.98 Å². The minimum atomic E-state index is -4.19. The summed E-state index contributed by atoms with van der Waals surface area (Å²) < 4.78 is 28.4. The summed E-state index contributed by atoms with van der Waals surface area (Å²) in [5.41, 5.74) is 2.19. The van der Waals surface area contributed by atoms with Gasteiger partial charge in [-0.1, -0.05) is 29.8 Å². The Bertz CT molecular complexity index is 1420. The van der Waals surface area contributed by atoms with Gasteiger partial charge in [-0.2, -0.15) is 0 Å². The first kappa shape index (κ1) is 19.2. The number of carbonyl (C=O) groups is 1. The van der Waals surface area contributed by atoms with Crippen LogP contribution in [-0.4, -0.2) is 19.3 Å². The minimum absolute atomic E-state index is 0.00148. The predicted molar refractivity (Wildman–Crippen MR) is 119 cm³/mol. The van der Waals surface area contributed by atoms with E-state index in [1.54, 1.807) is 48.7 Å².